The molecule has 0 saturated carbocycles. The first-order chi connectivity index (χ1) is 16.7. The van der Waals surface area contributed by atoms with Crippen LogP contribution in [0.4, 0.5) is 11.4 Å². The molecule has 1 amide bonds. The van der Waals surface area contributed by atoms with Crippen molar-refractivity contribution in [2.24, 2.45) is 0 Å². The summed E-state index contributed by atoms with van der Waals surface area (Å²) < 4.78 is 39.1. The molecule has 0 fully saturated rings. The van der Waals surface area contributed by atoms with Gasteiger partial charge in [0.25, 0.3) is 15.9 Å². The number of nitrogens with zero attached hydrogens (tertiary/aromatic N) is 1. The Morgan fingerprint density at radius 3 is 2.51 bits per heavy atom. The number of nitrogens with one attached hydrogen (secondary N) is 3. The summed E-state index contributed by atoms with van der Waals surface area (Å²) in [7, 11) is -2.72. The first-order valence-corrected chi connectivity index (χ1v) is 12.1. The predicted octanol–water partition coefficient (Wildman–Crippen LogP) is 3.49. The molecule has 0 aromatic heterocycles. The summed E-state index contributed by atoms with van der Waals surface area (Å²) in [6, 6.07) is 15.1. The van der Waals surface area contributed by atoms with Crippen molar-refractivity contribution in [1.82, 2.24) is 5.48 Å². The lowest BCUT2D eigenvalue weighted by Crippen LogP contribution is -2.38. The number of benzene rings is 3. The molecule has 35 heavy (non-hydrogen) atoms. The first kappa shape index (κ1) is 24.3. The Labute approximate surface area is 206 Å². The highest BCUT2D eigenvalue weighted by Gasteiger charge is 2.33. The molecule has 12 heteroatoms. The Morgan fingerprint density at radius 1 is 1.11 bits per heavy atom. The molecule has 0 saturated heterocycles. The number of rotatable bonds is 6. The Bertz CT molecular complexity index is 1400. The minimum Gasteiger partial charge on any atom is -0.495 e. The van der Waals surface area contributed by atoms with Gasteiger partial charge in [0.15, 0.2) is 0 Å². The van der Waals surface area contributed by atoms with Crippen molar-refractivity contribution in [2.75, 3.05) is 29.9 Å². The summed E-state index contributed by atoms with van der Waals surface area (Å²) in [5.41, 5.74) is 3.05. The largest absolute Gasteiger partial charge is 0.495 e. The molecule has 1 aliphatic rings. The number of methoxy groups -OCH3 is 1. The van der Waals surface area contributed by atoms with Crippen LogP contribution in [0, 0.1) is 5.41 Å². The van der Waals surface area contributed by atoms with Crippen molar-refractivity contribution in [3.05, 3.63) is 76.8 Å². The van der Waals surface area contributed by atoms with E-state index < -0.39 is 15.9 Å². The zero-order valence-electron chi connectivity index (χ0n) is 18.4. The number of anilines is 2. The first-order valence-electron chi connectivity index (χ1n) is 10.3. The van der Waals surface area contributed by atoms with E-state index in [0.717, 1.165) is 0 Å². The Morgan fingerprint density at radius 2 is 1.83 bits per heavy atom. The van der Waals surface area contributed by atoms with Gasteiger partial charge in [0, 0.05) is 21.8 Å². The average molecular weight is 517 g/mol. The monoisotopic (exact) mass is 516 g/mol. The fraction of sp³-hybridized carbons (Fsp3) is 0.130. The molecule has 0 unspecified atom stereocenters. The van der Waals surface area contributed by atoms with Gasteiger partial charge in [-0.1, -0.05) is 11.6 Å². The Hall–Kier alpha value is -3.80. The minimum absolute atomic E-state index is 0.0301. The molecule has 4 rings (SSSR count). The lowest BCUT2D eigenvalue weighted by molar-refractivity contribution is 0.102. The van der Waals surface area contributed by atoms with Crippen LogP contribution in [0.5, 0.6) is 11.5 Å². The van der Waals surface area contributed by atoms with E-state index in [1.807, 2.05) is 0 Å². The molecule has 1 heterocycles. The second-order valence-electron chi connectivity index (χ2n) is 7.42. The van der Waals surface area contributed by atoms with E-state index in [1.54, 1.807) is 35.8 Å². The molecule has 182 valence electrons. The van der Waals surface area contributed by atoms with Crippen molar-refractivity contribution >= 4 is 44.7 Å². The van der Waals surface area contributed by atoms with Crippen molar-refractivity contribution in [2.45, 2.75) is 4.90 Å². The van der Waals surface area contributed by atoms with Gasteiger partial charge in [0.2, 0.25) is 0 Å². The number of ether oxygens (including phenoxy) is 2. The topological polar surface area (TPSA) is 141 Å². The maximum absolute atomic E-state index is 13.6. The van der Waals surface area contributed by atoms with Gasteiger partial charge in [-0.25, -0.2) is 8.42 Å². The second-order valence-corrected chi connectivity index (χ2v) is 9.69. The number of amidine groups is 1. The van der Waals surface area contributed by atoms with Gasteiger partial charge >= 0.3 is 0 Å². The maximum Gasteiger partial charge on any atom is 0.268 e. The SMILES string of the molecule is COc1ccc(Cl)cc1S(=O)(=O)N1CCOc2ccc(C(=O)Nc3ccc(C(=N)NO)cc3)cc21. The summed E-state index contributed by atoms with van der Waals surface area (Å²) in [5, 5.41) is 19.3. The molecule has 0 spiro atoms. The van der Waals surface area contributed by atoms with Crippen molar-refractivity contribution in [3.63, 3.8) is 0 Å². The quantitative estimate of drug-likeness (QED) is 0.223. The number of sulfonamides is 1. The van der Waals surface area contributed by atoms with Crippen LogP contribution in [0.15, 0.2) is 65.6 Å². The van der Waals surface area contributed by atoms with Gasteiger partial charge in [0.1, 0.15) is 28.8 Å². The number of fused-ring (bicyclic) bond motifs is 1. The third kappa shape index (κ3) is 4.87. The molecule has 3 aromatic carbocycles. The third-order valence-corrected chi connectivity index (χ3v) is 7.35. The molecule has 0 radical (unpaired) electrons. The average Bonchev–Trinajstić information content (AvgIpc) is 2.87. The van der Waals surface area contributed by atoms with E-state index in [4.69, 9.17) is 31.7 Å². The highest BCUT2D eigenvalue weighted by atomic mass is 35.5. The summed E-state index contributed by atoms with van der Waals surface area (Å²) in [6.45, 7) is 0.160. The molecule has 0 bridgehead atoms. The van der Waals surface area contributed by atoms with Crippen LogP contribution >= 0.6 is 11.6 Å². The van der Waals surface area contributed by atoms with Crippen molar-refractivity contribution in [1.29, 1.82) is 5.41 Å². The number of hydroxylamine groups is 1. The van der Waals surface area contributed by atoms with Crippen LogP contribution < -0.4 is 24.6 Å². The van der Waals surface area contributed by atoms with Crippen molar-refractivity contribution in [3.8, 4) is 11.5 Å². The number of halogens is 1. The molecule has 0 aliphatic carbocycles. The maximum atomic E-state index is 13.6. The number of carbonyl (C=O) groups excluding carboxylic acids is 1. The fourth-order valence-corrected chi connectivity index (χ4v) is 5.42. The molecule has 4 N–H and O–H groups in total. The highest BCUT2D eigenvalue weighted by molar-refractivity contribution is 7.93. The molecular weight excluding hydrogens is 496 g/mol. The van der Waals surface area contributed by atoms with Crippen LogP contribution in [0.2, 0.25) is 5.02 Å². The highest BCUT2D eigenvalue weighted by Crippen LogP contribution is 2.38. The normalized spacial score (nSPS) is 12.8. The van der Waals surface area contributed by atoms with Gasteiger partial charge < -0.3 is 14.8 Å². The molecule has 3 aromatic rings. The second kappa shape index (κ2) is 9.82. The number of hydrogen-bond donors (Lipinski definition) is 4. The van der Waals surface area contributed by atoms with Crippen LogP contribution in [0.25, 0.3) is 0 Å². The number of amides is 1. The van der Waals surface area contributed by atoms with Crippen molar-refractivity contribution < 1.29 is 27.9 Å². The van der Waals surface area contributed by atoms with Gasteiger partial charge in [0.05, 0.1) is 19.3 Å². The Kier molecular flexibility index (Phi) is 6.83. The van der Waals surface area contributed by atoms with Gasteiger partial charge in [-0.2, -0.15) is 0 Å². The van der Waals surface area contributed by atoms with Gasteiger partial charge in [-0.3, -0.25) is 25.2 Å². The predicted molar refractivity (Wildman–Crippen MR) is 131 cm³/mol. The molecule has 0 atom stereocenters. The standard InChI is InChI=1S/C23H21ClN4O6S/c1-33-20-9-5-16(24)13-21(20)35(31,32)28-10-11-34-19-8-4-15(12-18(19)28)23(29)26-17-6-2-14(3-7-17)22(25)27-30/h2-9,12-13,30H,10-11H2,1H3,(H2,25,27)(H,26,29). The van der Waals surface area contributed by atoms with Crippen LogP contribution in [-0.4, -0.2) is 45.6 Å². The smallest absolute Gasteiger partial charge is 0.268 e. The van der Waals surface area contributed by atoms with E-state index in [9.17, 15) is 13.2 Å². The van der Waals surface area contributed by atoms with Gasteiger partial charge in [-0.15, -0.1) is 0 Å². The van der Waals surface area contributed by atoms with E-state index in [1.165, 1.54) is 41.7 Å². The van der Waals surface area contributed by atoms with Gasteiger partial charge in [-0.05, 0) is 60.7 Å². The zero-order valence-corrected chi connectivity index (χ0v) is 20.0. The summed E-state index contributed by atoms with van der Waals surface area (Å²) in [5.74, 6) is -0.199. The van der Waals surface area contributed by atoms with E-state index in [-0.39, 0.29) is 45.9 Å². The molecule has 10 nitrogen and oxygen atoms in total. The van der Waals surface area contributed by atoms with Crippen LogP contribution in [0.3, 0.4) is 0 Å². The molecular formula is C23H21ClN4O6S. The third-order valence-electron chi connectivity index (χ3n) is 5.28. The van der Waals surface area contributed by atoms with Crippen LogP contribution in [-0.2, 0) is 10.0 Å². The Balaban J connectivity index is 1.65. The number of carbonyl (C=O) groups is 1. The summed E-state index contributed by atoms with van der Waals surface area (Å²) in [6.07, 6.45) is 0. The lowest BCUT2D eigenvalue weighted by atomic mass is 10.1. The summed E-state index contributed by atoms with van der Waals surface area (Å²) in [4.78, 5) is 12.8. The van der Waals surface area contributed by atoms with E-state index in [2.05, 4.69) is 5.32 Å². The summed E-state index contributed by atoms with van der Waals surface area (Å²) >= 11 is 6.05. The van der Waals surface area contributed by atoms with E-state index in [0.29, 0.717) is 17.0 Å². The van der Waals surface area contributed by atoms with E-state index >= 15 is 0 Å². The lowest BCUT2D eigenvalue weighted by Gasteiger charge is -2.31. The fourth-order valence-electron chi connectivity index (χ4n) is 3.54. The van der Waals surface area contributed by atoms with Crippen LogP contribution in [0.1, 0.15) is 15.9 Å². The number of hydrogen-bond acceptors (Lipinski definition) is 7. The zero-order chi connectivity index (χ0) is 25.2. The molecule has 1 aliphatic heterocycles. The minimum atomic E-state index is -4.09.